The van der Waals surface area contributed by atoms with E-state index in [1.807, 2.05) is 6.07 Å². The molecule has 0 amide bonds. The van der Waals surface area contributed by atoms with E-state index in [4.69, 9.17) is 4.74 Å². The third kappa shape index (κ3) is 3.96. The lowest BCUT2D eigenvalue weighted by atomic mass is 10.0. The van der Waals surface area contributed by atoms with E-state index in [1.165, 1.54) is 18.2 Å². The van der Waals surface area contributed by atoms with Crippen LogP contribution in [0.25, 0.3) is 0 Å². The summed E-state index contributed by atoms with van der Waals surface area (Å²) in [6.45, 7) is 3.30. The first-order chi connectivity index (χ1) is 13.4. The van der Waals surface area contributed by atoms with Gasteiger partial charge in [-0.25, -0.2) is 4.79 Å². The summed E-state index contributed by atoms with van der Waals surface area (Å²) in [6, 6.07) is 17.8. The van der Waals surface area contributed by atoms with Gasteiger partial charge in [-0.1, -0.05) is 30.3 Å². The molecular weight excluding hydrogens is 358 g/mol. The summed E-state index contributed by atoms with van der Waals surface area (Å²) in [6.07, 6.45) is 0. The van der Waals surface area contributed by atoms with Crippen LogP contribution >= 0.6 is 0 Å². The largest absolute Gasteiger partial charge is 0.423 e. The number of nitro benzene ring substituents is 1. The minimum Gasteiger partial charge on any atom is -0.423 e. The fourth-order valence-corrected chi connectivity index (χ4v) is 2.81. The summed E-state index contributed by atoms with van der Waals surface area (Å²) in [5.74, 6) is -0.415. The summed E-state index contributed by atoms with van der Waals surface area (Å²) >= 11 is 0. The summed E-state index contributed by atoms with van der Waals surface area (Å²) < 4.78 is 5.41. The molecule has 0 aliphatic carbocycles. The van der Waals surface area contributed by atoms with Gasteiger partial charge < -0.3 is 4.74 Å². The average Bonchev–Trinajstić information content (AvgIpc) is 2.69. The maximum Gasteiger partial charge on any atom is 0.343 e. The summed E-state index contributed by atoms with van der Waals surface area (Å²) in [4.78, 5) is 35.3. The zero-order valence-electron chi connectivity index (χ0n) is 15.3. The number of esters is 1. The highest BCUT2D eigenvalue weighted by molar-refractivity contribution is 6.09. The number of ketones is 1. The van der Waals surface area contributed by atoms with Gasteiger partial charge in [-0.05, 0) is 49.7 Å². The molecule has 3 aromatic carbocycles. The molecule has 0 saturated carbocycles. The Morgan fingerprint density at radius 1 is 0.821 bits per heavy atom. The second kappa shape index (κ2) is 7.84. The van der Waals surface area contributed by atoms with Gasteiger partial charge in [0.15, 0.2) is 5.78 Å². The quantitative estimate of drug-likeness (QED) is 0.213. The van der Waals surface area contributed by atoms with E-state index in [0.29, 0.717) is 28.0 Å². The second-order valence-corrected chi connectivity index (χ2v) is 6.32. The van der Waals surface area contributed by atoms with Crippen molar-refractivity contribution in [2.24, 2.45) is 0 Å². The summed E-state index contributed by atoms with van der Waals surface area (Å²) in [5, 5.41) is 10.9. The van der Waals surface area contributed by atoms with Crippen LogP contribution in [-0.2, 0) is 0 Å². The first-order valence-corrected chi connectivity index (χ1v) is 8.54. The normalized spacial score (nSPS) is 10.4. The van der Waals surface area contributed by atoms with Crippen LogP contribution in [0.15, 0.2) is 66.7 Å². The number of nitrogens with zero attached hydrogens (tertiary/aromatic N) is 1. The highest BCUT2D eigenvalue weighted by Crippen LogP contribution is 2.24. The molecule has 0 atom stereocenters. The molecule has 0 heterocycles. The van der Waals surface area contributed by atoms with Gasteiger partial charge in [-0.15, -0.1) is 0 Å². The van der Waals surface area contributed by atoms with E-state index in [9.17, 15) is 19.7 Å². The molecule has 0 aromatic heterocycles. The van der Waals surface area contributed by atoms with Crippen LogP contribution in [0, 0.1) is 24.0 Å². The standard InChI is InChI=1S/C22H17NO5/c1-14-12-18(8-10-19(14)23(26)27)22(25)28-20-11-9-17(13-15(20)2)21(24)16-6-4-3-5-7-16/h3-13H,1-2H3. The summed E-state index contributed by atoms with van der Waals surface area (Å²) in [7, 11) is 0. The molecule has 0 fully saturated rings. The fraction of sp³-hybridized carbons (Fsp3) is 0.0909. The lowest BCUT2D eigenvalue weighted by Gasteiger charge is -2.10. The van der Waals surface area contributed by atoms with E-state index in [1.54, 1.807) is 56.3 Å². The molecule has 0 unspecified atom stereocenters. The number of nitro groups is 1. The molecule has 3 aromatic rings. The molecule has 0 radical (unpaired) electrons. The third-order valence-corrected chi connectivity index (χ3v) is 4.30. The van der Waals surface area contributed by atoms with Crippen molar-refractivity contribution in [1.29, 1.82) is 0 Å². The monoisotopic (exact) mass is 375 g/mol. The molecule has 0 aliphatic heterocycles. The van der Waals surface area contributed by atoms with Gasteiger partial charge in [0.25, 0.3) is 5.69 Å². The Balaban J connectivity index is 1.80. The number of ether oxygens (including phenoxy) is 1. The Morgan fingerprint density at radius 2 is 1.46 bits per heavy atom. The van der Waals surface area contributed by atoms with Crippen molar-refractivity contribution < 1.29 is 19.2 Å². The van der Waals surface area contributed by atoms with Crippen LogP contribution in [0.2, 0.25) is 0 Å². The van der Waals surface area contributed by atoms with Gasteiger partial charge in [0.05, 0.1) is 10.5 Å². The zero-order valence-corrected chi connectivity index (χ0v) is 15.3. The molecule has 3 rings (SSSR count). The number of aryl methyl sites for hydroxylation is 2. The Morgan fingerprint density at radius 3 is 2.07 bits per heavy atom. The van der Waals surface area contributed by atoms with Crippen molar-refractivity contribution >= 4 is 17.4 Å². The van der Waals surface area contributed by atoms with E-state index in [-0.39, 0.29) is 17.0 Å². The number of carbonyl (C=O) groups is 2. The van der Waals surface area contributed by atoms with Gasteiger partial charge in [0.2, 0.25) is 0 Å². The van der Waals surface area contributed by atoms with Crippen molar-refractivity contribution in [2.45, 2.75) is 13.8 Å². The molecule has 6 nitrogen and oxygen atoms in total. The van der Waals surface area contributed by atoms with Gasteiger partial charge in [0.1, 0.15) is 5.75 Å². The second-order valence-electron chi connectivity index (χ2n) is 6.32. The van der Waals surface area contributed by atoms with Crippen LogP contribution < -0.4 is 4.74 Å². The van der Waals surface area contributed by atoms with E-state index >= 15 is 0 Å². The third-order valence-electron chi connectivity index (χ3n) is 4.30. The molecule has 0 saturated heterocycles. The number of hydrogen-bond donors (Lipinski definition) is 0. The predicted molar refractivity (Wildman–Crippen MR) is 104 cm³/mol. The number of rotatable bonds is 5. The zero-order chi connectivity index (χ0) is 20.3. The predicted octanol–water partition coefficient (Wildman–Crippen LogP) is 4.66. The molecule has 0 aliphatic rings. The Hall–Kier alpha value is -3.80. The van der Waals surface area contributed by atoms with Crippen LogP contribution in [0.3, 0.4) is 0 Å². The van der Waals surface area contributed by atoms with Crippen LogP contribution in [-0.4, -0.2) is 16.7 Å². The maximum absolute atomic E-state index is 12.5. The molecule has 0 bridgehead atoms. The van der Waals surface area contributed by atoms with Gasteiger partial charge in [-0.2, -0.15) is 0 Å². The van der Waals surface area contributed by atoms with Crippen LogP contribution in [0.4, 0.5) is 5.69 Å². The molecular formula is C22H17NO5. The van der Waals surface area contributed by atoms with Crippen LogP contribution in [0.5, 0.6) is 5.75 Å². The Kier molecular flexibility index (Phi) is 5.31. The van der Waals surface area contributed by atoms with Gasteiger partial charge in [-0.3, -0.25) is 14.9 Å². The Labute approximate surface area is 161 Å². The molecule has 0 N–H and O–H groups in total. The number of benzene rings is 3. The van der Waals surface area contributed by atoms with E-state index in [0.717, 1.165) is 0 Å². The first-order valence-electron chi connectivity index (χ1n) is 8.54. The number of carbonyl (C=O) groups excluding carboxylic acids is 2. The highest BCUT2D eigenvalue weighted by Gasteiger charge is 2.17. The smallest absolute Gasteiger partial charge is 0.343 e. The minimum atomic E-state index is -0.622. The fourth-order valence-electron chi connectivity index (χ4n) is 2.81. The van der Waals surface area contributed by atoms with Crippen molar-refractivity contribution in [3.63, 3.8) is 0 Å². The number of hydrogen-bond acceptors (Lipinski definition) is 5. The summed E-state index contributed by atoms with van der Waals surface area (Å²) in [5.41, 5.74) is 2.24. The first kappa shape index (κ1) is 19.0. The van der Waals surface area contributed by atoms with Gasteiger partial charge in [0, 0.05) is 22.8 Å². The van der Waals surface area contributed by atoms with Crippen molar-refractivity contribution in [2.75, 3.05) is 0 Å². The van der Waals surface area contributed by atoms with Gasteiger partial charge >= 0.3 is 5.97 Å². The lowest BCUT2D eigenvalue weighted by Crippen LogP contribution is -2.10. The van der Waals surface area contributed by atoms with Crippen molar-refractivity contribution in [3.05, 3.63) is 105 Å². The maximum atomic E-state index is 12.5. The van der Waals surface area contributed by atoms with Crippen molar-refractivity contribution in [3.8, 4) is 5.75 Å². The van der Waals surface area contributed by atoms with Crippen LogP contribution in [0.1, 0.15) is 37.4 Å². The molecule has 6 heteroatoms. The minimum absolute atomic E-state index is 0.0588. The lowest BCUT2D eigenvalue weighted by molar-refractivity contribution is -0.385. The molecule has 0 spiro atoms. The van der Waals surface area contributed by atoms with Crippen molar-refractivity contribution in [1.82, 2.24) is 0 Å². The Bertz CT molecular complexity index is 1070. The topological polar surface area (TPSA) is 86.5 Å². The molecule has 28 heavy (non-hydrogen) atoms. The SMILES string of the molecule is Cc1cc(C(=O)c2ccccc2)ccc1OC(=O)c1ccc([N+](=O)[O-])c(C)c1. The average molecular weight is 375 g/mol. The van der Waals surface area contributed by atoms with E-state index in [2.05, 4.69) is 0 Å². The highest BCUT2D eigenvalue weighted by atomic mass is 16.6. The van der Waals surface area contributed by atoms with E-state index < -0.39 is 10.9 Å². The molecule has 140 valence electrons.